The largest absolute Gasteiger partial charge is 0.462 e. The lowest BCUT2D eigenvalue weighted by atomic mass is 9.59. The fourth-order valence-electron chi connectivity index (χ4n) is 6.21. The monoisotopic (exact) mass is 376 g/mol. The minimum absolute atomic E-state index is 0.0683. The Balaban J connectivity index is 1.82. The maximum Gasteiger partial charge on any atom is 0.302 e. The van der Waals surface area contributed by atoms with E-state index in [4.69, 9.17) is 14.2 Å². The second-order valence-electron chi connectivity index (χ2n) is 9.47. The molecule has 0 N–H and O–H groups in total. The second-order valence-corrected chi connectivity index (χ2v) is 9.47. The normalized spacial score (nSPS) is 49.6. The minimum atomic E-state index is -0.924. The molecule has 1 saturated carbocycles. The zero-order valence-electron chi connectivity index (χ0n) is 16.9. The van der Waals surface area contributed by atoms with Crippen LogP contribution in [-0.4, -0.2) is 42.3 Å². The second kappa shape index (κ2) is 6.70. The zero-order chi connectivity index (χ0) is 19.5. The third-order valence-corrected chi connectivity index (χ3v) is 7.59. The predicted molar refractivity (Wildman–Crippen MR) is 100.0 cm³/mol. The number of carbonyl (C=O) groups excluding carboxylic acids is 2. The number of ketones is 1. The molecule has 4 rings (SSSR count). The van der Waals surface area contributed by atoms with Gasteiger partial charge in [0.05, 0.1) is 18.8 Å². The summed E-state index contributed by atoms with van der Waals surface area (Å²) in [6.07, 6.45) is 2.33. The number of hydrogen-bond acceptors (Lipinski definition) is 5. The van der Waals surface area contributed by atoms with Gasteiger partial charge in [-0.15, -0.1) is 0 Å². The van der Waals surface area contributed by atoms with Crippen LogP contribution < -0.4 is 0 Å². The van der Waals surface area contributed by atoms with E-state index in [-0.39, 0.29) is 47.8 Å². The molecule has 4 aliphatic rings. The Hall–Kier alpha value is -1.20. The van der Waals surface area contributed by atoms with Crippen LogP contribution in [-0.2, 0) is 23.8 Å². The van der Waals surface area contributed by atoms with E-state index in [1.54, 1.807) is 0 Å². The quantitative estimate of drug-likeness (QED) is 0.519. The van der Waals surface area contributed by atoms with Crippen molar-refractivity contribution in [2.75, 3.05) is 6.61 Å². The van der Waals surface area contributed by atoms with Crippen molar-refractivity contribution in [1.82, 2.24) is 0 Å². The maximum atomic E-state index is 13.2. The number of Topliss-reactive ketones (excluding diaryl/α,β-unsaturated/α-hetero) is 1. The van der Waals surface area contributed by atoms with E-state index >= 15 is 0 Å². The summed E-state index contributed by atoms with van der Waals surface area (Å²) < 4.78 is 18.7. The van der Waals surface area contributed by atoms with Gasteiger partial charge in [0.2, 0.25) is 0 Å². The Kier molecular flexibility index (Phi) is 4.75. The van der Waals surface area contributed by atoms with Gasteiger partial charge in [0.25, 0.3) is 0 Å². The van der Waals surface area contributed by atoms with E-state index in [9.17, 15) is 9.59 Å². The molecule has 150 valence electrons. The summed E-state index contributed by atoms with van der Waals surface area (Å²) in [5.74, 6) is 1.17. The molecule has 2 bridgehead atoms. The van der Waals surface area contributed by atoms with Gasteiger partial charge in [-0.3, -0.25) is 9.59 Å². The molecule has 5 heteroatoms. The fourth-order valence-corrected chi connectivity index (χ4v) is 6.21. The van der Waals surface area contributed by atoms with E-state index in [0.29, 0.717) is 31.3 Å². The average Bonchev–Trinajstić information content (AvgIpc) is 2.95. The van der Waals surface area contributed by atoms with Crippen LogP contribution in [0.4, 0.5) is 0 Å². The van der Waals surface area contributed by atoms with Crippen LogP contribution in [0.5, 0.6) is 0 Å². The molecular formula is C22H32O5. The predicted octanol–water partition coefficient (Wildman–Crippen LogP) is 3.31. The van der Waals surface area contributed by atoms with Crippen molar-refractivity contribution in [3.63, 3.8) is 0 Å². The highest BCUT2D eigenvalue weighted by Gasteiger charge is 2.64. The number of hydrogen-bond donors (Lipinski definition) is 0. The summed E-state index contributed by atoms with van der Waals surface area (Å²) in [7, 11) is 0. The Bertz CT molecular complexity index is 657. The molecule has 9 atom stereocenters. The number of esters is 1. The van der Waals surface area contributed by atoms with Crippen LogP contribution >= 0.6 is 0 Å². The minimum Gasteiger partial charge on any atom is -0.462 e. The van der Waals surface area contributed by atoms with E-state index in [2.05, 4.69) is 20.4 Å². The van der Waals surface area contributed by atoms with Crippen LogP contribution in [0.15, 0.2) is 12.2 Å². The van der Waals surface area contributed by atoms with Gasteiger partial charge in [-0.2, -0.15) is 0 Å². The van der Waals surface area contributed by atoms with E-state index in [1.807, 2.05) is 6.92 Å². The zero-order valence-corrected chi connectivity index (χ0v) is 16.9. The molecule has 3 heterocycles. The lowest BCUT2D eigenvalue weighted by Crippen LogP contribution is -2.54. The molecular weight excluding hydrogens is 344 g/mol. The smallest absolute Gasteiger partial charge is 0.302 e. The van der Waals surface area contributed by atoms with Crippen LogP contribution in [0, 0.1) is 29.6 Å². The topological polar surface area (TPSA) is 61.8 Å². The fraction of sp³-hybridized carbons (Fsp3) is 0.818. The molecule has 0 unspecified atom stereocenters. The average molecular weight is 376 g/mol. The van der Waals surface area contributed by atoms with Crippen LogP contribution in [0.2, 0.25) is 0 Å². The van der Waals surface area contributed by atoms with Gasteiger partial charge in [0.1, 0.15) is 11.7 Å². The number of rotatable bonds is 1. The van der Waals surface area contributed by atoms with Crippen molar-refractivity contribution >= 4 is 11.8 Å². The maximum absolute atomic E-state index is 13.2. The van der Waals surface area contributed by atoms with Gasteiger partial charge >= 0.3 is 5.97 Å². The summed E-state index contributed by atoms with van der Waals surface area (Å²) in [5, 5.41) is 0. The van der Waals surface area contributed by atoms with Crippen molar-refractivity contribution in [2.24, 2.45) is 29.6 Å². The van der Waals surface area contributed by atoms with Crippen molar-refractivity contribution in [1.29, 1.82) is 0 Å². The summed E-state index contributed by atoms with van der Waals surface area (Å²) in [6.45, 7) is 12.6. The molecule has 5 nitrogen and oxygen atoms in total. The highest BCUT2D eigenvalue weighted by molar-refractivity contribution is 5.88. The van der Waals surface area contributed by atoms with E-state index in [1.165, 1.54) is 6.92 Å². The highest BCUT2D eigenvalue weighted by atomic mass is 16.6. The van der Waals surface area contributed by atoms with Crippen molar-refractivity contribution in [3.05, 3.63) is 12.2 Å². The Morgan fingerprint density at radius 1 is 1.22 bits per heavy atom. The molecule has 0 aromatic rings. The van der Waals surface area contributed by atoms with Gasteiger partial charge in [-0.25, -0.2) is 0 Å². The Morgan fingerprint density at radius 3 is 2.67 bits per heavy atom. The summed E-state index contributed by atoms with van der Waals surface area (Å²) in [4.78, 5) is 25.0. The van der Waals surface area contributed by atoms with Crippen LogP contribution in [0.25, 0.3) is 0 Å². The van der Waals surface area contributed by atoms with Gasteiger partial charge in [0.15, 0.2) is 5.78 Å². The van der Waals surface area contributed by atoms with E-state index in [0.717, 1.165) is 18.4 Å². The van der Waals surface area contributed by atoms with Gasteiger partial charge in [0, 0.05) is 25.2 Å². The Labute approximate surface area is 161 Å². The molecule has 3 saturated heterocycles. The molecule has 0 radical (unpaired) electrons. The first-order valence-corrected chi connectivity index (χ1v) is 10.4. The molecule has 0 amide bonds. The first kappa shape index (κ1) is 19.1. The molecule has 0 aromatic carbocycles. The lowest BCUT2D eigenvalue weighted by molar-refractivity contribution is -0.165. The van der Waals surface area contributed by atoms with Crippen LogP contribution in [0.1, 0.15) is 53.4 Å². The van der Waals surface area contributed by atoms with Crippen molar-refractivity contribution in [2.45, 2.75) is 77.3 Å². The third kappa shape index (κ3) is 2.98. The van der Waals surface area contributed by atoms with Crippen molar-refractivity contribution in [3.8, 4) is 0 Å². The molecule has 0 aromatic heterocycles. The van der Waals surface area contributed by atoms with Gasteiger partial charge in [-0.1, -0.05) is 26.0 Å². The summed E-state index contributed by atoms with van der Waals surface area (Å²) in [6, 6.07) is 0. The van der Waals surface area contributed by atoms with Crippen LogP contribution in [0.3, 0.4) is 0 Å². The molecule has 3 aliphatic heterocycles. The summed E-state index contributed by atoms with van der Waals surface area (Å²) in [5.41, 5.74) is 0.118. The first-order valence-electron chi connectivity index (χ1n) is 10.4. The highest BCUT2D eigenvalue weighted by Crippen LogP contribution is 2.57. The number of ether oxygens (including phenoxy) is 3. The van der Waals surface area contributed by atoms with Gasteiger partial charge < -0.3 is 14.2 Å². The van der Waals surface area contributed by atoms with Crippen molar-refractivity contribution < 1.29 is 23.8 Å². The Morgan fingerprint density at radius 2 is 1.96 bits per heavy atom. The lowest BCUT2D eigenvalue weighted by Gasteiger charge is -2.46. The SMILES string of the molecule is C=C1CCC(=O)[C@]2(C)OC[C@H](C)[C@@H]3C[C@@H](C)[C@@H](OC(C)=O)[C@@H]4[C@H]3[C@H]2O[C@@H]4C1. The molecule has 27 heavy (non-hydrogen) atoms. The summed E-state index contributed by atoms with van der Waals surface area (Å²) >= 11 is 0. The van der Waals surface area contributed by atoms with Gasteiger partial charge in [-0.05, 0) is 43.9 Å². The molecule has 1 aliphatic carbocycles. The first-order chi connectivity index (χ1) is 12.7. The molecule has 0 spiro atoms. The third-order valence-electron chi connectivity index (χ3n) is 7.59. The number of carbonyl (C=O) groups is 2. The number of fused-ring (bicyclic) bond motifs is 2. The standard InChI is InChI=1S/C22H32O5/c1-11-6-7-17(24)22(5)21-18-15(13(3)10-25-22)9-12(2)20(26-14(4)23)19(18)16(8-11)27-21/h12-13,15-16,18-21H,1,6-10H2,2-5H3/t12-,13+,15+,16-,18+,19+,20-,21-,22+/m1/s1. The van der Waals surface area contributed by atoms with E-state index < -0.39 is 5.60 Å². The molecule has 4 fully saturated rings.